The van der Waals surface area contributed by atoms with E-state index >= 15 is 0 Å². The molecule has 0 fully saturated rings. The van der Waals surface area contributed by atoms with Gasteiger partial charge in [-0.15, -0.1) is 0 Å². The van der Waals surface area contributed by atoms with Crippen LogP contribution in [0.15, 0.2) is 42.5 Å². The van der Waals surface area contributed by atoms with Crippen LogP contribution in [0.2, 0.25) is 0 Å². The second-order valence-electron chi connectivity index (χ2n) is 6.33. The molecule has 3 rings (SSSR count). The van der Waals surface area contributed by atoms with E-state index in [0.29, 0.717) is 31.1 Å². The molecule has 2 bridgehead atoms. The predicted octanol–water partition coefficient (Wildman–Crippen LogP) is 3.95. The summed E-state index contributed by atoms with van der Waals surface area (Å²) < 4.78 is 17.2. The van der Waals surface area contributed by atoms with Crippen molar-refractivity contribution in [1.82, 2.24) is 0 Å². The highest BCUT2D eigenvalue weighted by molar-refractivity contribution is 5.95. The average molecular weight is 355 g/mol. The molecule has 0 saturated heterocycles. The number of ether oxygens (including phenoxy) is 3. The zero-order chi connectivity index (χ0) is 18.4. The van der Waals surface area contributed by atoms with Gasteiger partial charge in [0.05, 0.1) is 12.8 Å². The lowest BCUT2D eigenvalue weighted by Gasteiger charge is -2.19. The summed E-state index contributed by atoms with van der Waals surface area (Å²) >= 11 is 0. The number of hydrogen-bond donors (Lipinski definition) is 1. The zero-order valence-electron chi connectivity index (χ0n) is 15.3. The Hall–Kier alpha value is -2.53. The molecule has 2 aromatic rings. The molecule has 138 valence electrons. The SMILES string of the molecule is CCC1OCCCc2cc(cc(OC)c2)COc2ccccc2NC1=O. The van der Waals surface area contributed by atoms with Gasteiger partial charge in [-0.3, -0.25) is 4.79 Å². The minimum Gasteiger partial charge on any atom is -0.497 e. The predicted molar refractivity (Wildman–Crippen MR) is 101 cm³/mol. The molecule has 0 radical (unpaired) electrons. The van der Waals surface area contributed by atoms with E-state index in [1.165, 1.54) is 5.56 Å². The van der Waals surface area contributed by atoms with Crippen molar-refractivity contribution in [1.29, 1.82) is 0 Å². The first-order valence-corrected chi connectivity index (χ1v) is 9.00. The highest BCUT2D eigenvalue weighted by Gasteiger charge is 2.19. The molecule has 5 nitrogen and oxygen atoms in total. The Morgan fingerprint density at radius 1 is 1.19 bits per heavy atom. The van der Waals surface area contributed by atoms with Crippen molar-refractivity contribution in [3.8, 4) is 11.5 Å². The Balaban J connectivity index is 1.91. The van der Waals surface area contributed by atoms with Crippen molar-refractivity contribution in [3.63, 3.8) is 0 Å². The standard InChI is InChI=1S/C21H25NO4/c1-3-19-21(23)22-18-8-4-5-9-20(18)26-14-16-11-15(7-6-10-25-19)12-17(13-16)24-2/h4-5,8-9,11-13,19H,3,6-7,10,14H2,1-2H3,(H,22,23). The van der Waals surface area contributed by atoms with Crippen molar-refractivity contribution in [2.24, 2.45) is 0 Å². The fourth-order valence-electron chi connectivity index (χ4n) is 3.03. The lowest BCUT2D eigenvalue weighted by molar-refractivity contribution is -0.127. The van der Waals surface area contributed by atoms with Gasteiger partial charge in [-0.05, 0) is 54.7 Å². The van der Waals surface area contributed by atoms with E-state index in [9.17, 15) is 4.79 Å². The number of amides is 1. The van der Waals surface area contributed by atoms with E-state index in [0.717, 1.165) is 24.2 Å². The van der Waals surface area contributed by atoms with Crippen LogP contribution in [0.3, 0.4) is 0 Å². The molecular formula is C21H25NO4. The lowest BCUT2D eigenvalue weighted by atomic mass is 10.1. The number of para-hydroxylation sites is 2. The molecule has 0 saturated carbocycles. The van der Waals surface area contributed by atoms with Crippen molar-refractivity contribution in [2.75, 3.05) is 19.0 Å². The fourth-order valence-corrected chi connectivity index (χ4v) is 3.03. The van der Waals surface area contributed by atoms with E-state index in [-0.39, 0.29) is 5.91 Å². The largest absolute Gasteiger partial charge is 0.497 e. The van der Waals surface area contributed by atoms with Crippen LogP contribution in [-0.2, 0) is 22.6 Å². The Labute approximate surface area is 154 Å². The van der Waals surface area contributed by atoms with Gasteiger partial charge in [0.15, 0.2) is 0 Å². The maximum absolute atomic E-state index is 12.5. The van der Waals surface area contributed by atoms with E-state index in [1.807, 2.05) is 43.3 Å². The third-order valence-electron chi connectivity index (χ3n) is 4.39. The summed E-state index contributed by atoms with van der Waals surface area (Å²) in [6.45, 7) is 2.89. The summed E-state index contributed by atoms with van der Waals surface area (Å²) in [5.41, 5.74) is 2.86. The fraction of sp³-hybridized carbons (Fsp3) is 0.381. The zero-order valence-corrected chi connectivity index (χ0v) is 15.3. The number of carbonyl (C=O) groups is 1. The van der Waals surface area contributed by atoms with E-state index in [1.54, 1.807) is 7.11 Å². The monoisotopic (exact) mass is 355 g/mol. The lowest BCUT2D eigenvalue weighted by Crippen LogP contribution is -2.30. The van der Waals surface area contributed by atoms with E-state index < -0.39 is 6.10 Å². The van der Waals surface area contributed by atoms with Crippen LogP contribution >= 0.6 is 0 Å². The minimum atomic E-state index is -0.466. The maximum Gasteiger partial charge on any atom is 0.253 e. The van der Waals surface area contributed by atoms with Gasteiger partial charge in [-0.1, -0.05) is 25.1 Å². The molecule has 1 aliphatic rings. The summed E-state index contributed by atoms with van der Waals surface area (Å²) in [6, 6.07) is 13.6. The van der Waals surface area contributed by atoms with Crippen LogP contribution in [-0.4, -0.2) is 25.7 Å². The molecular weight excluding hydrogens is 330 g/mol. The van der Waals surface area contributed by atoms with Crippen molar-refractivity contribution >= 4 is 11.6 Å². The first-order valence-electron chi connectivity index (χ1n) is 9.00. The quantitative estimate of drug-likeness (QED) is 0.886. The molecule has 1 aliphatic heterocycles. The number of carbonyl (C=O) groups excluding carboxylic acids is 1. The number of methoxy groups -OCH3 is 1. The van der Waals surface area contributed by atoms with Crippen molar-refractivity contribution in [3.05, 3.63) is 53.6 Å². The van der Waals surface area contributed by atoms with Gasteiger partial charge in [0.2, 0.25) is 0 Å². The van der Waals surface area contributed by atoms with Gasteiger partial charge in [0.25, 0.3) is 5.91 Å². The van der Waals surface area contributed by atoms with Gasteiger partial charge in [-0.2, -0.15) is 0 Å². The smallest absolute Gasteiger partial charge is 0.253 e. The van der Waals surface area contributed by atoms with Gasteiger partial charge >= 0.3 is 0 Å². The molecule has 2 aromatic carbocycles. The number of fused-ring (bicyclic) bond motifs is 3. The molecule has 1 atom stereocenters. The van der Waals surface area contributed by atoms with Crippen LogP contribution in [0.1, 0.15) is 30.9 Å². The Bertz CT molecular complexity index is 759. The normalized spacial score (nSPS) is 18.1. The highest BCUT2D eigenvalue weighted by Crippen LogP contribution is 2.27. The van der Waals surface area contributed by atoms with E-state index in [2.05, 4.69) is 11.4 Å². The highest BCUT2D eigenvalue weighted by atomic mass is 16.5. The number of hydrogen-bond acceptors (Lipinski definition) is 4. The Morgan fingerprint density at radius 3 is 2.81 bits per heavy atom. The summed E-state index contributed by atoms with van der Waals surface area (Å²) in [7, 11) is 1.67. The van der Waals surface area contributed by atoms with Gasteiger partial charge in [0, 0.05) is 6.61 Å². The molecule has 1 N–H and O–H groups in total. The number of aryl methyl sites for hydroxylation is 1. The summed E-state index contributed by atoms with van der Waals surface area (Å²) in [5.74, 6) is 1.32. The Morgan fingerprint density at radius 2 is 2.00 bits per heavy atom. The van der Waals surface area contributed by atoms with Gasteiger partial charge in [0.1, 0.15) is 24.2 Å². The number of benzene rings is 2. The third-order valence-corrected chi connectivity index (χ3v) is 4.39. The van der Waals surface area contributed by atoms with Gasteiger partial charge < -0.3 is 19.5 Å². The van der Waals surface area contributed by atoms with Crippen molar-refractivity contribution < 1.29 is 19.0 Å². The average Bonchev–Trinajstić information content (AvgIpc) is 2.66. The van der Waals surface area contributed by atoms with E-state index in [4.69, 9.17) is 14.2 Å². The maximum atomic E-state index is 12.5. The van der Waals surface area contributed by atoms with Crippen LogP contribution in [0.4, 0.5) is 5.69 Å². The van der Waals surface area contributed by atoms with Crippen LogP contribution in [0, 0.1) is 0 Å². The van der Waals surface area contributed by atoms with Crippen molar-refractivity contribution in [2.45, 2.75) is 38.9 Å². The first-order chi connectivity index (χ1) is 12.7. The number of nitrogens with one attached hydrogen (secondary N) is 1. The van der Waals surface area contributed by atoms with Crippen LogP contribution in [0.5, 0.6) is 11.5 Å². The van der Waals surface area contributed by atoms with Gasteiger partial charge in [-0.25, -0.2) is 0 Å². The van der Waals surface area contributed by atoms with Crippen LogP contribution < -0.4 is 14.8 Å². The minimum absolute atomic E-state index is 0.138. The second kappa shape index (κ2) is 8.72. The van der Waals surface area contributed by atoms with Crippen LogP contribution in [0.25, 0.3) is 0 Å². The first kappa shape index (κ1) is 18.3. The topological polar surface area (TPSA) is 56.8 Å². The molecule has 1 heterocycles. The molecule has 26 heavy (non-hydrogen) atoms. The second-order valence-corrected chi connectivity index (χ2v) is 6.33. The summed E-state index contributed by atoms with van der Waals surface area (Å²) in [6.07, 6.45) is 1.86. The summed E-state index contributed by atoms with van der Waals surface area (Å²) in [4.78, 5) is 12.5. The molecule has 1 unspecified atom stereocenters. The summed E-state index contributed by atoms with van der Waals surface area (Å²) in [5, 5.41) is 2.93. The molecule has 0 aromatic heterocycles. The molecule has 1 amide bonds. The number of anilines is 1. The Kier molecular flexibility index (Phi) is 6.12. The molecule has 5 heteroatoms. The number of rotatable bonds is 2. The molecule has 0 spiro atoms. The molecule has 0 aliphatic carbocycles. The third kappa shape index (κ3) is 4.55.